The molecule has 0 aromatic heterocycles. The Bertz CT molecular complexity index is 517. The first-order valence-corrected chi connectivity index (χ1v) is 5.78. The number of carbonyl (C=O) groups is 1. The molecule has 4 nitrogen and oxygen atoms in total. The van der Waals surface area contributed by atoms with Gasteiger partial charge in [0.2, 0.25) is 0 Å². The van der Waals surface area contributed by atoms with E-state index in [9.17, 15) is 14.3 Å². The molecule has 5 heteroatoms. The molecule has 19 heavy (non-hydrogen) atoms. The summed E-state index contributed by atoms with van der Waals surface area (Å²) in [6.45, 7) is 1.36. The van der Waals surface area contributed by atoms with Crippen molar-refractivity contribution >= 4 is 5.91 Å². The van der Waals surface area contributed by atoms with E-state index in [1.54, 1.807) is 6.92 Å². The summed E-state index contributed by atoms with van der Waals surface area (Å²) in [5.74, 6) is 3.88. The molecule has 1 rings (SSSR count). The van der Waals surface area contributed by atoms with Crippen molar-refractivity contribution in [1.82, 2.24) is 4.90 Å². The molecule has 1 aromatic rings. The number of carbonyl (C=O) groups excluding carboxylic acids is 1. The second-order valence-electron chi connectivity index (χ2n) is 4.19. The predicted molar refractivity (Wildman–Crippen MR) is 69.0 cm³/mol. The normalized spacial score (nSPS) is 11.4. The Labute approximate surface area is 111 Å². The van der Waals surface area contributed by atoms with Crippen molar-refractivity contribution in [3.63, 3.8) is 0 Å². The zero-order valence-corrected chi connectivity index (χ0v) is 10.9. The molecular formula is C14H16FNO3. The first-order valence-electron chi connectivity index (χ1n) is 5.78. The summed E-state index contributed by atoms with van der Waals surface area (Å²) >= 11 is 0. The molecule has 0 aliphatic rings. The standard InChI is InChI=1S/C14H16FNO3/c1-10(18)9-16(2)14(19)12-8-11(4-3-7-17)5-6-13(12)15/h5-6,8,10,17-18H,7,9H2,1-2H3. The molecule has 0 aliphatic carbocycles. The van der Waals surface area contributed by atoms with E-state index in [4.69, 9.17) is 5.11 Å². The number of benzene rings is 1. The molecule has 0 bridgehead atoms. The fraction of sp³-hybridized carbons (Fsp3) is 0.357. The van der Waals surface area contributed by atoms with Gasteiger partial charge in [0.25, 0.3) is 5.91 Å². The molecule has 1 amide bonds. The smallest absolute Gasteiger partial charge is 0.256 e. The van der Waals surface area contributed by atoms with Crippen molar-refractivity contribution in [1.29, 1.82) is 0 Å². The van der Waals surface area contributed by atoms with Crippen molar-refractivity contribution in [2.24, 2.45) is 0 Å². The van der Waals surface area contributed by atoms with Gasteiger partial charge in [0.1, 0.15) is 12.4 Å². The maximum atomic E-state index is 13.6. The van der Waals surface area contributed by atoms with Gasteiger partial charge in [0.15, 0.2) is 0 Å². The minimum atomic E-state index is -0.686. The van der Waals surface area contributed by atoms with Crippen molar-refractivity contribution in [2.75, 3.05) is 20.2 Å². The van der Waals surface area contributed by atoms with Gasteiger partial charge in [-0.2, -0.15) is 0 Å². The molecule has 0 heterocycles. The minimum absolute atomic E-state index is 0.104. The Kier molecular flexibility index (Phi) is 5.49. The number of aliphatic hydroxyl groups is 2. The monoisotopic (exact) mass is 265 g/mol. The van der Waals surface area contributed by atoms with E-state index in [1.165, 1.54) is 24.1 Å². The number of aliphatic hydroxyl groups excluding tert-OH is 2. The number of hydrogen-bond donors (Lipinski definition) is 2. The van der Waals surface area contributed by atoms with Crippen LogP contribution in [0.2, 0.25) is 0 Å². The molecule has 102 valence electrons. The molecule has 0 saturated heterocycles. The fourth-order valence-electron chi connectivity index (χ4n) is 1.59. The van der Waals surface area contributed by atoms with Gasteiger partial charge in [-0.05, 0) is 25.1 Å². The first-order chi connectivity index (χ1) is 8.95. The largest absolute Gasteiger partial charge is 0.392 e. The van der Waals surface area contributed by atoms with Gasteiger partial charge >= 0.3 is 0 Å². The summed E-state index contributed by atoms with van der Waals surface area (Å²) in [4.78, 5) is 13.2. The van der Waals surface area contributed by atoms with Crippen molar-refractivity contribution in [3.8, 4) is 11.8 Å². The minimum Gasteiger partial charge on any atom is -0.392 e. The van der Waals surface area contributed by atoms with E-state index in [0.717, 1.165) is 6.07 Å². The number of halogens is 1. The van der Waals surface area contributed by atoms with E-state index in [1.807, 2.05) is 0 Å². The first kappa shape index (κ1) is 15.2. The Hall–Kier alpha value is -1.90. The second-order valence-corrected chi connectivity index (χ2v) is 4.19. The number of likely N-dealkylation sites (N-methyl/N-ethyl adjacent to an activating group) is 1. The lowest BCUT2D eigenvalue weighted by molar-refractivity contribution is 0.0699. The maximum Gasteiger partial charge on any atom is 0.256 e. The average Bonchev–Trinajstić information content (AvgIpc) is 2.36. The quantitative estimate of drug-likeness (QED) is 0.788. The third-order valence-electron chi connectivity index (χ3n) is 2.39. The van der Waals surface area contributed by atoms with E-state index in [2.05, 4.69) is 11.8 Å². The van der Waals surface area contributed by atoms with Gasteiger partial charge in [-0.25, -0.2) is 4.39 Å². The van der Waals surface area contributed by atoms with Crippen LogP contribution in [-0.2, 0) is 0 Å². The average molecular weight is 265 g/mol. The Morgan fingerprint density at radius 2 is 2.21 bits per heavy atom. The fourth-order valence-corrected chi connectivity index (χ4v) is 1.59. The lowest BCUT2D eigenvalue weighted by Crippen LogP contribution is -2.33. The van der Waals surface area contributed by atoms with E-state index < -0.39 is 17.8 Å². The van der Waals surface area contributed by atoms with Crippen LogP contribution in [-0.4, -0.2) is 47.3 Å². The maximum absolute atomic E-state index is 13.6. The zero-order valence-electron chi connectivity index (χ0n) is 10.9. The van der Waals surface area contributed by atoms with Crippen LogP contribution in [0.15, 0.2) is 18.2 Å². The Morgan fingerprint density at radius 3 is 2.79 bits per heavy atom. The summed E-state index contributed by atoms with van der Waals surface area (Å²) in [5.41, 5.74) is 0.345. The predicted octanol–water partition coefficient (Wildman–Crippen LogP) is 0.622. The second kappa shape index (κ2) is 6.88. The molecule has 1 atom stereocenters. The SMILES string of the molecule is CC(O)CN(C)C(=O)c1cc(C#CCO)ccc1F. The highest BCUT2D eigenvalue weighted by Crippen LogP contribution is 2.12. The van der Waals surface area contributed by atoms with Crippen LogP contribution in [0, 0.1) is 17.7 Å². The molecule has 0 aliphatic heterocycles. The highest BCUT2D eigenvalue weighted by atomic mass is 19.1. The molecule has 0 radical (unpaired) electrons. The lowest BCUT2D eigenvalue weighted by Gasteiger charge is -2.19. The van der Waals surface area contributed by atoms with Crippen LogP contribution in [0.4, 0.5) is 4.39 Å². The molecular weight excluding hydrogens is 249 g/mol. The van der Waals surface area contributed by atoms with E-state index in [-0.39, 0.29) is 18.7 Å². The summed E-state index contributed by atoms with van der Waals surface area (Å²) < 4.78 is 13.6. The van der Waals surface area contributed by atoms with Crippen LogP contribution in [0.5, 0.6) is 0 Å². The number of rotatable bonds is 3. The van der Waals surface area contributed by atoms with Crippen LogP contribution in [0.25, 0.3) is 0 Å². The molecule has 1 aromatic carbocycles. The van der Waals surface area contributed by atoms with Crippen molar-refractivity contribution in [3.05, 3.63) is 35.1 Å². The van der Waals surface area contributed by atoms with Gasteiger partial charge in [-0.15, -0.1) is 0 Å². The number of nitrogens with zero attached hydrogens (tertiary/aromatic N) is 1. The molecule has 1 unspecified atom stereocenters. The summed E-state index contributed by atoms with van der Waals surface area (Å²) in [6.07, 6.45) is -0.686. The van der Waals surface area contributed by atoms with Crippen LogP contribution in [0.1, 0.15) is 22.8 Å². The van der Waals surface area contributed by atoms with Gasteiger partial charge in [0, 0.05) is 19.2 Å². The highest BCUT2D eigenvalue weighted by Gasteiger charge is 2.17. The van der Waals surface area contributed by atoms with Gasteiger partial charge in [0.05, 0.1) is 11.7 Å². The van der Waals surface area contributed by atoms with Crippen LogP contribution < -0.4 is 0 Å². The Morgan fingerprint density at radius 1 is 1.53 bits per heavy atom. The van der Waals surface area contributed by atoms with Gasteiger partial charge in [-0.3, -0.25) is 4.79 Å². The molecule has 0 saturated carbocycles. The molecule has 2 N–H and O–H groups in total. The summed E-state index contributed by atoms with van der Waals surface area (Å²) in [6, 6.07) is 3.92. The van der Waals surface area contributed by atoms with Crippen LogP contribution in [0.3, 0.4) is 0 Å². The third kappa shape index (κ3) is 4.36. The topological polar surface area (TPSA) is 60.8 Å². The lowest BCUT2D eigenvalue weighted by atomic mass is 10.1. The molecule has 0 fully saturated rings. The van der Waals surface area contributed by atoms with Gasteiger partial charge < -0.3 is 15.1 Å². The molecule has 0 spiro atoms. The van der Waals surface area contributed by atoms with E-state index >= 15 is 0 Å². The van der Waals surface area contributed by atoms with Crippen molar-refractivity contribution in [2.45, 2.75) is 13.0 Å². The zero-order chi connectivity index (χ0) is 14.4. The summed E-state index contributed by atoms with van der Waals surface area (Å²) in [7, 11) is 1.49. The van der Waals surface area contributed by atoms with Crippen LogP contribution >= 0.6 is 0 Å². The number of hydrogen-bond acceptors (Lipinski definition) is 3. The third-order valence-corrected chi connectivity index (χ3v) is 2.39. The van der Waals surface area contributed by atoms with Gasteiger partial charge in [-0.1, -0.05) is 11.8 Å². The van der Waals surface area contributed by atoms with Crippen molar-refractivity contribution < 1.29 is 19.4 Å². The highest BCUT2D eigenvalue weighted by molar-refractivity contribution is 5.94. The number of amides is 1. The summed E-state index contributed by atoms with van der Waals surface area (Å²) in [5, 5.41) is 17.8. The Balaban J connectivity index is 3.01. The van der Waals surface area contributed by atoms with E-state index in [0.29, 0.717) is 5.56 Å².